The van der Waals surface area contributed by atoms with Crippen LogP contribution in [0.25, 0.3) is 0 Å². The minimum Gasteiger partial charge on any atom is -0.410 e. The van der Waals surface area contributed by atoms with Gasteiger partial charge in [0.2, 0.25) is 5.91 Å². The second-order valence-electron chi connectivity index (χ2n) is 4.25. The highest BCUT2D eigenvalue weighted by Crippen LogP contribution is 2.26. The molecule has 1 N–H and O–H groups in total. The molecule has 0 aliphatic carbocycles. The molecule has 1 heterocycles. The molecule has 0 unspecified atom stereocenters. The van der Waals surface area contributed by atoms with Gasteiger partial charge in [0.05, 0.1) is 0 Å². The summed E-state index contributed by atoms with van der Waals surface area (Å²) in [5.41, 5.74) is 1.80. The summed E-state index contributed by atoms with van der Waals surface area (Å²) in [4.78, 5) is 24.3. The van der Waals surface area contributed by atoms with E-state index in [1.165, 1.54) is 4.90 Å². The summed E-state index contributed by atoms with van der Waals surface area (Å²) in [5.74, 6) is 0.535. The van der Waals surface area contributed by atoms with Crippen LogP contribution >= 0.6 is 0 Å². The van der Waals surface area contributed by atoms with Crippen molar-refractivity contribution in [3.8, 4) is 5.75 Å². The molecular formula is C13H16N2O3. The number of ether oxygens (including phenoxy) is 1. The molecule has 2 rings (SSSR count). The molecule has 0 saturated carbocycles. The third kappa shape index (κ3) is 2.61. The van der Waals surface area contributed by atoms with Gasteiger partial charge in [0.25, 0.3) is 0 Å². The third-order valence-electron chi connectivity index (χ3n) is 2.96. The highest BCUT2D eigenvalue weighted by atomic mass is 16.6. The van der Waals surface area contributed by atoms with Crippen molar-refractivity contribution in [2.75, 3.05) is 18.9 Å². The van der Waals surface area contributed by atoms with Gasteiger partial charge in [0.15, 0.2) is 0 Å². The average molecular weight is 248 g/mol. The van der Waals surface area contributed by atoms with Crippen molar-refractivity contribution in [2.45, 2.75) is 19.8 Å². The summed E-state index contributed by atoms with van der Waals surface area (Å²) in [6.45, 7) is 2.48. The Morgan fingerprint density at radius 2 is 2.22 bits per heavy atom. The molecule has 0 atom stereocenters. The molecule has 1 aliphatic heterocycles. The van der Waals surface area contributed by atoms with Gasteiger partial charge in [-0.2, -0.15) is 0 Å². The van der Waals surface area contributed by atoms with E-state index in [9.17, 15) is 9.59 Å². The van der Waals surface area contributed by atoms with E-state index in [0.717, 1.165) is 11.3 Å². The first-order valence-electron chi connectivity index (χ1n) is 5.96. The molecule has 0 aromatic heterocycles. The number of hydrogen-bond donors (Lipinski definition) is 1. The minimum atomic E-state index is -0.378. The summed E-state index contributed by atoms with van der Waals surface area (Å²) in [5, 5.41) is 2.78. The number of fused-ring (bicyclic) bond motifs is 1. The van der Waals surface area contributed by atoms with Crippen molar-refractivity contribution in [3.63, 3.8) is 0 Å². The largest absolute Gasteiger partial charge is 0.414 e. The monoisotopic (exact) mass is 248 g/mol. The lowest BCUT2D eigenvalue weighted by atomic mass is 10.0. The van der Waals surface area contributed by atoms with Crippen molar-refractivity contribution in [2.24, 2.45) is 0 Å². The van der Waals surface area contributed by atoms with Gasteiger partial charge in [-0.25, -0.2) is 4.79 Å². The molecule has 1 aromatic rings. The highest BCUT2D eigenvalue weighted by Gasteiger charge is 2.16. The molecule has 5 heteroatoms. The van der Waals surface area contributed by atoms with E-state index in [2.05, 4.69) is 5.32 Å². The van der Waals surface area contributed by atoms with Gasteiger partial charge in [-0.1, -0.05) is 0 Å². The lowest BCUT2D eigenvalue weighted by Crippen LogP contribution is -2.29. The summed E-state index contributed by atoms with van der Waals surface area (Å²) in [6.07, 6.45) is 0.771. The molecule has 96 valence electrons. The fourth-order valence-electron chi connectivity index (χ4n) is 1.73. The third-order valence-corrected chi connectivity index (χ3v) is 2.96. The molecule has 18 heavy (non-hydrogen) atoms. The van der Waals surface area contributed by atoms with E-state index in [0.29, 0.717) is 25.1 Å². The van der Waals surface area contributed by atoms with Crippen LogP contribution in [0.3, 0.4) is 0 Å². The molecule has 0 bridgehead atoms. The van der Waals surface area contributed by atoms with Crippen LogP contribution in [0.15, 0.2) is 18.2 Å². The summed E-state index contributed by atoms with van der Waals surface area (Å²) in [7, 11) is 1.68. The van der Waals surface area contributed by atoms with Crippen molar-refractivity contribution in [1.82, 2.24) is 4.90 Å². The van der Waals surface area contributed by atoms with E-state index in [-0.39, 0.29) is 12.0 Å². The molecule has 0 radical (unpaired) electrons. The van der Waals surface area contributed by atoms with Crippen LogP contribution in [0, 0.1) is 0 Å². The van der Waals surface area contributed by atoms with Crippen LogP contribution in [-0.2, 0) is 11.2 Å². The standard InChI is InChI=1S/C13H16N2O3/c1-3-15(2)13(17)18-10-5-6-11-9(8-10)4-7-12(16)14-11/h5-6,8H,3-4,7H2,1-2H3,(H,14,16). The quantitative estimate of drug-likeness (QED) is 0.871. The maximum atomic E-state index is 11.6. The van der Waals surface area contributed by atoms with Crippen LogP contribution in [0.5, 0.6) is 5.75 Å². The molecule has 0 fully saturated rings. The lowest BCUT2D eigenvalue weighted by molar-refractivity contribution is -0.116. The van der Waals surface area contributed by atoms with E-state index in [1.54, 1.807) is 25.2 Å². The number of aryl methyl sites for hydroxylation is 1. The van der Waals surface area contributed by atoms with Crippen LogP contribution < -0.4 is 10.1 Å². The SMILES string of the molecule is CCN(C)C(=O)Oc1ccc2c(c1)CCC(=O)N2. The molecule has 0 saturated heterocycles. The number of hydrogen-bond acceptors (Lipinski definition) is 3. The van der Waals surface area contributed by atoms with Gasteiger partial charge in [-0.15, -0.1) is 0 Å². The van der Waals surface area contributed by atoms with E-state index >= 15 is 0 Å². The molecule has 0 spiro atoms. The van der Waals surface area contributed by atoms with Crippen LogP contribution in [0.1, 0.15) is 18.9 Å². The van der Waals surface area contributed by atoms with Crippen LogP contribution in [-0.4, -0.2) is 30.5 Å². The first-order chi connectivity index (χ1) is 8.60. The summed E-state index contributed by atoms with van der Waals surface area (Å²) >= 11 is 0. The molecule has 1 aromatic carbocycles. The Kier molecular flexibility index (Phi) is 3.50. The van der Waals surface area contributed by atoms with Gasteiger partial charge >= 0.3 is 6.09 Å². The maximum absolute atomic E-state index is 11.6. The Morgan fingerprint density at radius 1 is 1.44 bits per heavy atom. The highest BCUT2D eigenvalue weighted by molar-refractivity contribution is 5.94. The van der Waals surface area contributed by atoms with Crippen LogP contribution in [0.4, 0.5) is 10.5 Å². The first kappa shape index (κ1) is 12.4. The maximum Gasteiger partial charge on any atom is 0.414 e. The predicted molar refractivity (Wildman–Crippen MR) is 67.7 cm³/mol. The number of carbonyl (C=O) groups is 2. The molecule has 2 amide bonds. The second kappa shape index (κ2) is 5.08. The molecule has 5 nitrogen and oxygen atoms in total. The van der Waals surface area contributed by atoms with Gasteiger partial charge < -0.3 is 15.0 Å². The van der Waals surface area contributed by atoms with Gasteiger partial charge in [0, 0.05) is 25.7 Å². The number of rotatable bonds is 2. The predicted octanol–water partition coefficient (Wildman–Crippen LogP) is 2.02. The Hall–Kier alpha value is -2.04. The van der Waals surface area contributed by atoms with E-state index in [4.69, 9.17) is 4.74 Å². The van der Waals surface area contributed by atoms with Crippen molar-refractivity contribution < 1.29 is 14.3 Å². The first-order valence-corrected chi connectivity index (χ1v) is 5.96. The second-order valence-corrected chi connectivity index (χ2v) is 4.25. The summed E-state index contributed by atoms with van der Waals surface area (Å²) in [6, 6.07) is 5.25. The number of anilines is 1. The molecular weight excluding hydrogens is 232 g/mol. The number of nitrogens with zero attached hydrogens (tertiary/aromatic N) is 1. The van der Waals surface area contributed by atoms with Gasteiger partial charge in [0.1, 0.15) is 5.75 Å². The Labute approximate surface area is 106 Å². The lowest BCUT2D eigenvalue weighted by Gasteiger charge is -2.18. The van der Waals surface area contributed by atoms with Crippen molar-refractivity contribution in [3.05, 3.63) is 23.8 Å². The van der Waals surface area contributed by atoms with Crippen molar-refractivity contribution in [1.29, 1.82) is 0 Å². The Balaban J connectivity index is 2.12. The average Bonchev–Trinajstić information content (AvgIpc) is 2.38. The minimum absolute atomic E-state index is 0.0259. The topological polar surface area (TPSA) is 58.6 Å². The van der Waals surface area contributed by atoms with Gasteiger partial charge in [-0.05, 0) is 37.1 Å². The fraction of sp³-hybridized carbons (Fsp3) is 0.385. The van der Waals surface area contributed by atoms with E-state index in [1.807, 2.05) is 6.92 Å². The zero-order valence-electron chi connectivity index (χ0n) is 10.5. The number of nitrogens with one attached hydrogen (secondary N) is 1. The van der Waals surface area contributed by atoms with Gasteiger partial charge in [-0.3, -0.25) is 4.79 Å². The number of amides is 2. The van der Waals surface area contributed by atoms with Crippen molar-refractivity contribution >= 4 is 17.7 Å². The number of benzene rings is 1. The zero-order valence-corrected chi connectivity index (χ0v) is 10.5. The number of carbonyl (C=O) groups excluding carboxylic acids is 2. The normalized spacial score (nSPS) is 13.6. The zero-order chi connectivity index (χ0) is 13.1. The fourth-order valence-corrected chi connectivity index (χ4v) is 1.73. The molecule has 1 aliphatic rings. The van der Waals surface area contributed by atoms with Crippen LogP contribution in [0.2, 0.25) is 0 Å². The van der Waals surface area contributed by atoms with E-state index < -0.39 is 0 Å². The Morgan fingerprint density at radius 3 is 2.94 bits per heavy atom. The smallest absolute Gasteiger partial charge is 0.410 e. The summed E-state index contributed by atoms with van der Waals surface area (Å²) < 4.78 is 5.23. The Bertz CT molecular complexity index is 485.